The van der Waals surface area contributed by atoms with E-state index in [1.54, 1.807) is 0 Å². The first-order chi connectivity index (χ1) is 6.70. The topological polar surface area (TPSA) is 58.6 Å². The Bertz CT molecular complexity index is 196. The Kier molecular flexibility index (Phi) is 5.10. The summed E-state index contributed by atoms with van der Waals surface area (Å²) in [5.74, 6) is 0.645. The van der Waals surface area contributed by atoms with Crippen LogP contribution in [0.25, 0.3) is 0 Å². The summed E-state index contributed by atoms with van der Waals surface area (Å²) in [6.45, 7) is 2.11. The maximum atomic E-state index is 11.7. The SMILES string of the molecule is COP(=O)(CO)CCC1CCNCC1. The van der Waals surface area contributed by atoms with E-state index >= 15 is 0 Å². The second-order valence-corrected chi connectivity index (χ2v) is 6.57. The molecule has 5 heteroatoms. The lowest BCUT2D eigenvalue weighted by molar-refractivity contribution is 0.304. The van der Waals surface area contributed by atoms with Crippen molar-refractivity contribution < 1.29 is 14.2 Å². The van der Waals surface area contributed by atoms with Crippen LogP contribution in [0.5, 0.6) is 0 Å². The van der Waals surface area contributed by atoms with Gasteiger partial charge in [0, 0.05) is 13.3 Å². The van der Waals surface area contributed by atoms with Crippen molar-refractivity contribution in [3.8, 4) is 0 Å². The molecule has 0 aliphatic carbocycles. The van der Waals surface area contributed by atoms with Crippen molar-refractivity contribution in [3.05, 3.63) is 0 Å². The third kappa shape index (κ3) is 3.70. The van der Waals surface area contributed by atoms with Crippen LogP contribution in [0.2, 0.25) is 0 Å². The van der Waals surface area contributed by atoms with Gasteiger partial charge in [0.25, 0.3) is 0 Å². The smallest absolute Gasteiger partial charge is 0.227 e. The fourth-order valence-electron chi connectivity index (χ4n) is 1.77. The first-order valence-corrected chi connectivity index (χ1v) is 7.15. The zero-order valence-electron chi connectivity index (χ0n) is 8.74. The number of aliphatic hydroxyl groups is 1. The molecule has 0 amide bonds. The lowest BCUT2D eigenvalue weighted by atomic mass is 9.96. The molecule has 1 heterocycles. The molecule has 14 heavy (non-hydrogen) atoms. The van der Waals surface area contributed by atoms with Crippen molar-refractivity contribution in [2.75, 3.05) is 32.7 Å². The van der Waals surface area contributed by atoms with E-state index in [1.165, 1.54) is 7.11 Å². The van der Waals surface area contributed by atoms with Gasteiger partial charge in [0.2, 0.25) is 7.37 Å². The molecule has 1 fully saturated rings. The fourth-order valence-corrected chi connectivity index (χ4v) is 2.97. The standard InChI is InChI=1S/C9H20NO3P/c1-13-14(12,8-11)7-4-9-2-5-10-6-3-9/h9-11H,2-8H2,1H3. The number of rotatable bonds is 5. The van der Waals surface area contributed by atoms with Crippen LogP contribution >= 0.6 is 7.37 Å². The van der Waals surface area contributed by atoms with Crippen LogP contribution in [0.3, 0.4) is 0 Å². The van der Waals surface area contributed by atoms with Crippen molar-refractivity contribution in [3.63, 3.8) is 0 Å². The van der Waals surface area contributed by atoms with Crippen molar-refractivity contribution >= 4 is 7.37 Å². The molecule has 4 nitrogen and oxygen atoms in total. The summed E-state index contributed by atoms with van der Waals surface area (Å²) in [5, 5.41) is 12.2. The summed E-state index contributed by atoms with van der Waals surface area (Å²) in [6, 6.07) is 0. The maximum Gasteiger partial charge on any atom is 0.227 e. The predicted octanol–water partition coefficient (Wildman–Crippen LogP) is 1.25. The molecule has 1 unspecified atom stereocenters. The zero-order valence-corrected chi connectivity index (χ0v) is 9.63. The zero-order chi connectivity index (χ0) is 10.4. The fraction of sp³-hybridized carbons (Fsp3) is 1.00. The number of nitrogens with one attached hydrogen (secondary N) is 1. The highest BCUT2D eigenvalue weighted by Crippen LogP contribution is 2.46. The van der Waals surface area contributed by atoms with E-state index in [0.29, 0.717) is 12.1 Å². The highest BCUT2D eigenvalue weighted by Gasteiger charge is 2.22. The van der Waals surface area contributed by atoms with E-state index in [4.69, 9.17) is 9.63 Å². The van der Waals surface area contributed by atoms with Crippen molar-refractivity contribution in [2.24, 2.45) is 5.92 Å². The van der Waals surface area contributed by atoms with Crippen LogP contribution in [-0.2, 0) is 9.09 Å². The van der Waals surface area contributed by atoms with E-state index in [0.717, 1.165) is 32.4 Å². The van der Waals surface area contributed by atoms with E-state index in [9.17, 15) is 4.57 Å². The molecular formula is C9H20NO3P. The van der Waals surface area contributed by atoms with E-state index in [2.05, 4.69) is 5.32 Å². The highest BCUT2D eigenvalue weighted by atomic mass is 31.2. The van der Waals surface area contributed by atoms with Crippen LogP contribution in [0.4, 0.5) is 0 Å². The van der Waals surface area contributed by atoms with Gasteiger partial charge in [-0.1, -0.05) is 0 Å². The summed E-state index contributed by atoms with van der Waals surface area (Å²) in [5.41, 5.74) is 0. The summed E-state index contributed by atoms with van der Waals surface area (Å²) in [4.78, 5) is 0. The maximum absolute atomic E-state index is 11.7. The van der Waals surface area contributed by atoms with Gasteiger partial charge in [-0.25, -0.2) is 0 Å². The molecule has 1 aliphatic rings. The van der Waals surface area contributed by atoms with Crippen LogP contribution in [0.1, 0.15) is 19.3 Å². The highest BCUT2D eigenvalue weighted by molar-refractivity contribution is 7.58. The molecule has 1 atom stereocenters. The molecule has 0 radical (unpaired) electrons. The molecule has 1 aliphatic heterocycles. The van der Waals surface area contributed by atoms with E-state index in [1.807, 2.05) is 0 Å². The monoisotopic (exact) mass is 221 g/mol. The second kappa shape index (κ2) is 5.86. The summed E-state index contributed by atoms with van der Waals surface area (Å²) < 4.78 is 16.6. The molecule has 1 saturated heterocycles. The molecule has 84 valence electrons. The van der Waals surface area contributed by atoms with Gasteiger partial charge >= 0.3 is 0 Å². The van der Waals surface area contributed by atoms with Crippen LogP contribution in [0.15, 0.2) is 0 Å². The Labute approximate surface area is 85.5 Å². The predicted molar refractivity (Wildman–Crippen MR) is 56.8 cm³/mol. The minimum absolute atomic E-state index is 0.325. The molecule has 0 aromatic heterocycles. The molecule has 0 saturated carbocycles. The van der Waals surface area contributed by atoms with Gasteiger partial charge in [0.15, 0.2) is 0 Å². The van der Waals surface area contributed by atoms with Crippen LogP contribution in [0, 0.1) is 5.92 Å². The van der Waals surface area contributed by atoms with Gasteiger partial charge in [0.05, 0.1) is 0 Å². The van der Waals surface area contributed by atoms with E-state index < -0.39 is 7.37 Å². The van der Waals surface area contributed by atoms with Crippen LogP contribution < -0.4 is 5.32 Å². The van der Waals surface area contributed by atoms with Gasteiger partial charge in [-0.15, -0.1) is 0 Å². The first-order valence-electron chi connectivity index (χ1n) is 5.15. The normalized spacial score (nSPS) is 23.3. The Hall–Kier alpha value is 0.110. The summed E-state index contributed by atoms with van der Waals surface area (Å²) in [6.07, 6.45) is 3.40. The summed E-state index contributed by atoms with van der Waals surface area (Å²) >= 11 is 0. The van der Waals surface area contributed by atoms with Gasteiger partial charge in [0.1, 0.15) is 6.35 Å². The van der Waals surface area contributed by atoms with Crippen LogP contribution in [-0.4, -0.2) is 37.8 Å². The third-order valence-electron chi connectivity index (χ3n) is 2.88. The summed E-state index contributed by atoms with van der Waals surface area (Å²) in [7, 11) is -1.30. The van der Waals surface area contributed by atoms with Gasteiger partial charge < -0.3 is 14.9 Å². The Balaban J connectivity index is 2.27. The third-order valence-corrected chi connectivity index (χ3v) is 4.92. The Morgan fingerprint density at radius 1 is 1.50 bits per heavy atom. The molecular weight excluding hydrogens is 201 g/mol. The van der Waals surface area contributed by atoms with E-state index in [-0.39, 0.29) is 6.35 Å². The van der Waals surface area contributed by atoms with Crippen molar-refractivity contribution in [1.29, 1.82) is 0 Å². The lowest BCUT2D eigenvalue weighted by Gasteiger charge is -2.23. The largest absolute Gasteiger partial charge is 0.386 e. The second-order valence-electron chi connectivity index (χ2n) is 3.84. The number of hydrogen-bond donors (Lipinski definition) is 2. The Morgan fingerprint density at radius 2 is 2.14 bits per heavy atom. The molecule has 0 bridgehead atoms. The molecule has 0 aromatic carbocycles. The van der Waals surface area contributed by atoms with Crippen molar-refractivity contribution in [1.82, 2.24) is 5.32 Å². The van der Waals surface area contributed by atoms with Gasteiger partial charge in [-0.2, -0.15) is 0 Å². The quantitative estimate of drug-likeness (QED) is 0.686. The van der Waals surface area contributed by atoms with Crippen molar-refractivity contribution in [2.45, 2.75) is 19.3 Å². The number of piperidine rings is 1. The minimum atomic E-state index is -2.71. The minimum Gasteiger partial charge on any atom is -0.386 e. The van der Waals surface area contributed by atoms with Gasteiger partial charge in [-0.3, -0.25) is 4.57 Å². The van der Waals surface area contributed by atoms with Gasteiger partial charge in [-0.05, 0) is 38.3 Å². The molecule has 2 N–H and O–H groups in total. The number of hydrogen-bond acceptors (Lipinski definition) is 4. The molecule has 0 spiro atoms. The number of aliphatic hydroxyl groups excluding tert-OH is 1. The molecule has 1 rings (SSSR count). The first kappa shape index (κ1) is 12.2. The molecule has 0 aromatic rings. The lowest BCUT2D eigenvalue weighted by Crippen LogP contribution is -2.28. The average Bonchev–Trinajstić information content (AvgIpc) is 2.27. The Morgan fingerprint density at radius 3 is 2.64 bits per heavy atom. The average molecular weight is 221 g/mol.